The minimum Gasteiger partial charge on any atom is -0.321 e. The molecule has 0 spiro atoms. The van der Waals surface area contributed by atoms with Gasteiger partial charge in [0.2, 0.25) is 0 Å². The summed E-state index contributed by atoms with van der Waals surface area (Å²) < 4.78 is 13.8. The predicted octanol–water partition coefficient (Wildman–Crippen LogP) is 5.52. The summed E-state index contributed by atoms with van der Waals surface area (Å²) in [5.74, 6) is 0.458. The van der Waals surface area contributed by atoms with E-state index in [-0.39, 0.29) is 5.02 Å². The SMILES string of the molecule is CCC1CCCCC1C(C)(N)c1cc(F)c(Cl)cc1Cl. The van der Waals surface area contributed by atoms with Crippen LogP contribution in [0.25, 0.3) is 0 Å². The molecule has 1 aromatic carbocycles. The quantitative estimate of drug-likeness (QED) is 0.729. The van der Waals surface area contributed by atoms with Gasteiger partial charge in [-0.25, -0.2) is 4.39 Å². The zero-order valence-electron chi connectivity index (χ0n) is 12.1. The lowest BCUT2D eigenvalue weighted by atomic mass is 9.66. The summed E-state index contributed by atoms with van der Waals surface area (Å²) in [4.78, 5) is 0. The van der Waals surface area contributed by atoms with Crippen molar-refractivity contribution in [3.8, 4) is 0 Å². The fourth-order valence-corrected chi connectivity index (χ4v) is 4.21. The molecule has 1 aliphatic rings. The molecule has 0 heterocycles. The van der Waals surface area contributed by atoms with Gasteiger partial charge in [0.05, 0.1) is 5.02 Å². The third kappa shape index (κ3) is 2.98. The molecule has 0 amide bonds. The fraction of sp³-hybridized carbons (Fsp3) is 0.625. The van der Waals surface area contributed by atoms with Gasteiger partial charge in [-0.2, -0.15) is 0 Å². The Kier molecular flexibility index (Phi) is 4.99. The molecule has 1 saturated carbocycles. The minimum atomic E-state index is -0.621. The van der Waals surface area contributed by atoms with E-state index in [1.54, 1.807) is 0 Å². The molecular weight excluding hydrogens is 296 g/mol. The largest absolute Gasteiger partial charge is 0.321 e. The van der Waals surface area contributed by atoms with Gasteiger partial charge in [-0.15, -0.1) is 0 Å². The summed E-state index contributed by atoms with van der Waals surface area (Å²) in [7, 11) is 0. The summed E-state index contributed by atoms with van der Waals surface area (Å²) in [6.07, 6.45) is 5.81. The third-order valence-corrected chi connectivity index (χ3v) is 5.40. The number of hydrogen-bond donors (Lipinski definition) is 1. The van der Waals surface area contributed by atoms with Crippen molar-refractivity contribution >= 4 is 23.2 Å². The van der Waals surface area contributed by atoms with E-state index in [4.69, 9.17) is 28.9 Å². The Labute approximate surface area is 130 Å². The van der Waals surface area contributed by atoms with Crippen LogP contribution in [-0.2, 0) is 5.54 Å². The highest BCUT2D eigenvalue weighted by Gasteiger charge is 2.39. The average molecular weight is 318 g/mol. The first-order valence-corrected chi connectivity index (χ1v) is 8.07. The summed E-state index contributed by atoms with van der Waals surface area (Å²) in [5, 5.41) is 0.507. The van der Waals surface area contributed by atoms with E-state index in [2.05, 4.69) is 6.92 Å². The summed E-state index contributed by atoms with van der Waals surface area (Å²) >= 11 is 12.0. The lowest BCUT2D eigenvalue weighted by Gasteiger charge is -2.43. The van der Waals surface area contributed by atoms with Gasteiger partial charge >= 0.3 is 0 Å². The van der Waals surface area contributed by atoms with Gasteiger partial charge in [0.25, 0.3) is 0 Å². The lowest BCUT2D eigenvalue weighted by Crippen LogP contribution is -2.46. The van der Waals surface area contributed by atoms with Gasteiger partial charge in [-0.1, -0.05) is 55.8 Å². The van der Waals surface area contributed by atoms with E-state index in [9.17, 15) is 4.39 Å². The molecular formula is C16H22Cl2FN. The molecule has 3 atom stereocenters. The van der Waals surface area contributed by atoms with Gasteiger partial charge in [0, 0.05) is 10.6 Å². The zero-order chi connectivity index (χ0) is 14.9. The van der Waals surface area contributed by atoms with Crippen molar-refractivity contribution in [1.82, 2.24) is 0 Å². The molecule has 2 N–H and O–H groups in total. The van der Waals surface area contributed by atoms with Gasteiger partial charge in [-0.05, 0) is 42.9 Å². The molecule has 0 radical (unpaired) electrons. The van der Waals surface area contributed by atoms with E-state index in [1.807, 2.05) is 6.92 Å². The van der Waals surface area contributed by atoms with Crippen LogP contribution in [-0.4, -0.2) is 0 Å². The molecule has 112 valence electrons. The van der Waals surface area contributed by atoms with Crippen LogP contribution in [0.5, 0.6) is 0 Å². The molecule has 2 rings (SSSR count). The number of hydrogen-bond acceptors (Lipinski definition) is 1. The van der Waals surface area contributed by atoms with Crippen LogP contribution < -0.4 is 5.73 Å². The molecule has 0 aliphatic heterocycles. The first-order chi connectivity index (χ1) is 9.37. The Morgan fingerprint density at radius 1 is 1.25 bits per heavy atom. The second kappa shape index (κ2) is 6.21. The Bertz CT molecular complexity index is 488. The molecule has 3 unspecified atom stereocenters. The van der Waals surface area contributed by atoms with Crippen LogP contribution in [0.15, 0.2) is 12.1 Å². The van der Waals surface area contributed by atoms with Crippen LogP contribution >= 0.6 is 23.2 Å². The van der Waals surface area contributed by atoms with Crippen molar-refractivity contribution in [3.63, 3.8) is 0 Å². The average Bonchev–Trinajstić information content (AvgIpc) is 2.42. The van der Waals surface area contributed by atoms with Crippen molar-refractivity contribution in [2.45, 2.75) is 51.5 Å². The summed E-state index contributed by atoms with van der Waals surface area (Å²) in [6, 6.07) is 2.87. The molecule has 1 nitrogen and oxygen atoms in total. The normalized spacial score (nSPS) is 26.3. The number of benzene rings is 1. The highest BCUT2D eigenvalue weighted by atomic mass is 35.5. The van der Waals surface area contributed by atoms with Crippen LogP contribution in [0.4, 0.5) is 4.39 Å². The molecule has 20 heavy (non-hydrogen) atoms. The maximum atomic E-state index is 13.8. The molecule has 1 aliphatic carbocycles. The zero-order valence-corrected chi connectivity index (χ0v) is 13.6. The lowest BCUT2D eigenvalue weighted by molar-refractivity contribution is 0.138. The van der Waals surface area contributed by atoms with Crippen LogP contribution in [0.2, 0.25) is 10.0 Å². The van der Waals surface area contributed by atoms with E-state index < -0.39 is 11.4 Å². The molecule has 1 aromatic rings. The summed E-state index contributed by atoms with van der Waals surface area (Å²) in [6.45, 7) is 4.17. The highest BCUT2D eigenvalue weighted by Crippen LogP contribution is 2.44. The second-order valence-electron chi connectivity index (χ2n) is 6.09. The third-order valence-electron chi connectivity index (χ3n) is 4.79. The topological polar surface area (TPSA) is 26.0 Å². The van der Waals surface area contributed by atoms with Crippen molar-refractivity contribution < 1.29 is 4.39 Å². The van der Waals surface area contributed by atoms with Gasteiger partial charge in [0.1, 0.15) is 5.82 Å². The Morgan fingerprint density at radius 2 is 1.90 bits per heavy atom. The summed E-state index contributed by atoms with van der Waals surface area (Å²) in [5.41, 5.74) is 6.66. The Balaban J connectivity index is 2.40. The standard InChI is InChI=1S/C16H22Cl2FN/c1-3-10-6-4-5-7-11(10)16(2,20)12-8-15(19)14(18)9-13(12)17/h8-11H,3-7,20H2,1-2H3. The monoisotopic (exact) mass is 317 g/mol. The first-order valence-electron chi connectivity index (χ1n) is 7.31. The minimum absolute atomic E-state index is 0.0465. The first kappa shape index (κ1) is 16.1. The molecule has 0 bridgehead atoms. The van der Waals surface area contributed by atoms with E-state index in [0.717, 1.165) is 12.8 Å². The Morgan fingerprint density at radius 3 is 2.55 bits per heavy atom. The van der Waals surface area contributed by atoms with Crippen LogP contribution in [0.3, 0.4) is 0 Å². The molecule has 0 aromatic heterocycles. The highest BCUT2D eigenvalue weighted by molar-refractivity contribution is 6.35. The second-order valence-corrected chi connectivity index (χ2v) is 6.90. The van der Waals surface area contributed by atoms with Gasteiger partial charge in [-0.3, -0.25) is 0 Å². The molecule has 0 saturated heterocycles. The van der Waals surface area contributed by atoms with Gasteiger partial charge < -0.3 is 5.73 Å². The van der Waals surface area contributed by atoms with Crippen LogP contribution in [0.1, 0.15) is 51.5 Å². The number of nitrogens with two attached hydrogens (primary N) is 1. The van der Waals surface area contributed by atoms with E-state index >= 15 is 0 Å². The molecule has 1 fully saturated rings. The number of rotatable bonds is 3. The van der Waals surface area contributed by atoms with Crippen LogP contribution in [0, 0.1) is 17.7 Å². The predicted molar refractivity (Wildman–Crippen MR) is 83.7 cm³/mol. The van der Waals surface area contributed by atoms with Gasteiger partial charge in [0.15, 0.2) is 0 Å². The van der Waals surface area contributed by atoms with Crippen molar-refractivity contribution in [3.05, 3.63) is 33.6 Å². The van der Waals surface area contributed by atoms with Crippen molar-refractivity contribution in [1.29, 1.82) is 0 Å². The van der Waals surface area contributed by atoms with Crippen molar-refractivity contribution in [2.75, 3.05) is 0 Å². The molecule has 4 heteroatoms. The maximum Gasteiger partial charge on any atom is 0.142 e. The Hall–Kier alpha value is -0.310. The van der Waals surface area contributed by atoms with E-state index in [1.165, 1.54) is 31.4 Å². The van der Waals surface area contributed by atoms with Crippen molar-refractivity contribution in [2.24, 2.45) is 17.6 Å². The van der Waals surface area contributed by atoms with E-state index in [0.29, 0.717) is 22.4 Å². The fourth-order valence-electron chi connectivity index (χ4n) is 3.62. The maximum absolute atomic E-state index is 13.8. The number of halogens is 3. The smallest absolute Gasteiger partial charge is 0.142 e.